The predicted octanol–water partition coefficient (Wildman–Crippen LogP) is 3.46. The van der Waals surface area contributed by atoms with E-state index in [9.17, 15) is 4.79 Å². The number of aryl methyl sites for hydroxylation is 1. The molecular formula is C26H36N4O4S. The van der Waals surface area contributed by atoms with Gasteiger partial charge in [-0.15, -0.1) is 11.3 Å². The van der Waals surface area contributed by atoms with Gasteiger partial charge in [0, 0.05) is 80.0 Å². The molecule has 0 radical (unpaired) electrons. The molecule has 2 N–H and O–H groups in total. The van der Waals surface area contributed by atoms with E-state index in [1.807, 2.05) is 39.2 Å². The van der Waals surface area contributed by atoms with Crippen LogP contribution < -0.4 is 15.6 Å². The number of aliphatic hydroxyl groups excluding tert-OH is 1. The number of methoxy groups -OCH3 is 1. The van der Waals surface area contributed by atoms with Crippen molar-refractivity contribution in [1.29, 1.82) is 0 Å². The van der Waals surface area contributed by atoms with E-state index < -0.39 is 0 Å². The molecule has 190 valence electrons. The van der Waals surface area contributed by atoms with Crippen molar-refractivity contribution in [3.8, 4) is 29.4 Å². The molecule has 4 rings (SSSR count). The molecule has 4 heterocycles. The summed E-state index contributed by atoms with van der Waals surface area (Å²) in [6, 6.07) is 4.04. The van der Waals surface area contributed by atoms with Gasteiger partial charge < -0.3 is 24.5 Å². The summed E-state index contributed by atoms with van der Waals surface area (Å²) in [5, 5.41) is 11.2. The molecule has 0 spiro atoms. The molecule has 0 aromatic carbocycles. The highest BCUT2D eigenvalue weighted by Gasteiger charge is 2.17. The number of nitrogens with one attached hydrogen (secondary N) is 1. The normalized spacial score (nSPS) is 14.2. The van der Waals surface area contributed by atoms with Gasteiger partial charge >= 0.3 is 0 Å². The summed E-state index contributed by atoms with van der Waals surface area (Å²) in [7, 11) is 3.46. The Kier molecular flexibility index (Phi) is 11.7. The highest BCUT2D eigenvalue weighted by molar-refractivity contribution is 7.19. The van der Waals surface area contributed by atoms with Gasteiger partial charge in [0.05, 0.1) is 18.2 Å². The second-order valence-electron chi connectivity index (χ2n) is 7.86. The minimum Gasteiger partial charge on any atom is -0.487 e. The van der Waals surface area contributed by atoms with E-state index >= 15 is 0 Å². The lowest BCUT2D eigenvalue weighted by Crippen LogP contribution is -2.42. The minimum atomic E-state index is -0.0698. The van der Waals surface area contributed by atoms with Crippen LogP contribution in [0, 0.1) is 12.5 Å². The van der Waals surface area contributed by atoms with Gasteiger partial charge in [0.25, 0.3) is 5.56 Å². The SMILES string of the molecule is C#CO.CC.COCC(C)Oc1cncc(-c2cn(C)c(=O)c3cc(CN4CCNCC4)sc23)c1. The zero-order chi connectivity index (χ0) is 25.8. The van der Waals surface area contributed by atoms with Crippen LogP contribution in [0.2, 0.25) is 0 Å². The molecule has 3 aromatic heterocycles. The van der Waals surface area contributed by atoms with Gasteiger partial charge in [-0.2, -0.15) is 0 Å². The molecule has 0 aliphatic carbocycles. The quantitative estimate of drug-likeness (QED) is 0.480. The highest BCUT2D eigenvalue weighted by atomic mass is 32.1. The largest absolute Gasteiger partial charge is 0.487 e. The van der Waals surface area contributed by atoms with Crippen LogP contribution in [0.4, 0.5) is 0 Å². The number of fused-ring (bicyclic) bond motifs is 1. The maximum Gasteiger partial charge on any atom is 0.259 e. The molecule has 1 atom stereocenters. The number of nitrogens with zero attached hydrogens (tertiary/aromatic N) is 3. The average Bonchev–Trinajstić information content (AvgIpc) is 3.28. The average molecular weight is 501 g/mol. The van der Waals surface area contributed by atoms with Crippen LogP contribution >= 0.6 is 11.3 Å². The molecule has 1 aliphatic rings. The van der Waals surface area contributed by atoms with Crippen molar-refractivity contribution < 1.29 is 14.6 Å². The van der Waals surface area contributed by atoms with Crippen molar-refractivity contribution in [2.24, 2.45) is 7.05 Å². The van der Waals surface area contributed by atoms with E-state index in [2.05, 4.69) is 27.7 Å². The summed E-state index contributed by atoms with van der Waals surface area (Å²) >= 11 is 1.70. The molecule has 3 aromatic rings. The third kappa shape index (κ3) is 7.80. The van der Waals surface area contributed by atoms with E-state index in [-0.39, 0.29) is 11.7 Å². The van der Waals surface area contributed by atoms with Crippen LogP contribution in [-0.4, -0.2) is 65.6 Å². The molecule has 1 saturated heterocycles. The Morgan fingerprint density at radius 1 is 1.29 bits per heavy atom. The third-order valence-electron chi connectivity index (χ3n) is 5.25. The number of hydrogen-bond acceptors (Lipinski definition) is 8. The fourth-order valence-corrected chi connectivity index (χ4v) is 5.03. The number of ether oxygens (including phenoxy) is 2. The van der Waals surface area contributed by atoms with Crippen molar-refractivity contribution in [3.63, 3.8) is 0 Å². The maximum atomic E-state index is 12.8. The number of piperazine rings is 1. The van der Waals surface area contributed by atoms with Gasteiger partial charge in [0.2, 0.25) is 0 Å². The Labute approximate surface area is 211 Å². The molecule has 0 amide bonds. The molecule has 1 unspecified atom stereocenters. The second kappa shape index (κ2) is 14.5. The van der Waals surface area contributed by atoms with Crippen LogP contribution in [0.3, 0.4) is 0 Å². The predicted molar refractivity (Wildman–Crippen MR) is 143 cm³/mol. The molecule has 0 bridgehead atoms. The molecule has 8 nitrogen and oxygen atoms in total. The van der Waals surface area contributed by atoms with Gasteiger partial charge in [-0.05, 0) is 19.1 Å². The minimum absolute atomic E-state index is 0.0330. The molecule has 0 saturated carbocycles. The standard InChI is InChI=1S/C22H28N4O3S.C2H2O.C2H6/c1-15(14-28-3)29-17-8-16(10-24-11-17)20-13-25(2)22(27)19-9-18(30-21(19)20)12-26-6-4-23-5-7-26;1-2-3;1-2/h8-11,13,15,23H,4-7,12,14H2,1-3H3;1,3H;1-2H3. The monoisotopic (exact) mass is 500 g/mol. The first kappa shape index (κ1) is 28.3. The lowest BCUT2D eigenvalue weighted by atomic mass is 10.1. The van der Waals surface area contributed by atoms with Crippen molar-refractivity contribution in [1.82, 2.24) is 19.8 Å². The van der Waals surface area contributed by atoms with Gasteiger partial charge in [-0.3, -0.25) is 14.7 Å². The van der Waals surface area contributed by atoms with Crippen LogP contribution in [0.5, 0.6) is 5.75 Å². The van der Waals surface area contributed by atoms with Crippen LogP contribution in [0.1, 0.15) is 25.6 Å². The third-order valence-corrected chi connectivity index (χ3v) is 6.41. The van der Waals surface area contributed by atoms with Gasteiger partial charge in [0.15, 0.2) is 0 Å². The first-order valence-electron chi connectivity index (χ1n) is 11.7. The van der Waals surface area contributed by atoms with Crippen molar-refractivity contribution in [2.75, 3.05) is 39.9 Å². The zero-order valence-corrected chi connectivity index (χ0v) is 22.0. The molecule has 1 aliphatic heterocycles. The summed E-state index contributed by atoms with van der Waals surface area (Å²) in [5.41, 5.74) is 1.97. The Hall–Kier alpha value is -2.90. The van der Waals surface area contributed by atoms with Crippen LogP contribution in [0.15, 0.2) is 35.5 Å². The van der Waals surface area contributed by atoms with Crippen molar-refractivity contribution >= 4 is 21.4 Å². The Morgan fingerprint density at radius 2 is 1.97 bits per heavy atom. The number of aromatic nitrogens is 2. The lowest BCUT2D eigenvalue weighted by Gasteiger charge is -2.26. The summed E-state index contributed by atoms with van der Waals surface area (Å²) in [6.07, 6.45) is 10.8. The zero-order valence-electron chi connectivity index (χ0n) is 21.2. The maximum absolute atomic E-state index is 12.8. The summed E-state index contributed by atoms with van der Waals surface area (Å²) < 4.78 is 13.7. The van der Waals surface area contributed by atoms with E-state index in [0.717, 1.165) is 53.9 Å². The van der Waals surface area contributed by atoms with Crippen LogP contribution in [-0.2, 0) is 18.3 Å². The summed E-state index contributed by atoms with van der Waals surface area (Å²) in [6.45, 7) is 11.4. The lowest BCUT2D eigenvalue weighted by molar-refractivity contribution is 0.0919. The van der Waals surface area contributed by atoms with E-state index in [0.29, 0.717) is 12.4 Å². The van der Waals surface area contributed by atoms with E-state index in [1.165, 1.54) is 11.0 Å². The Morgan fingerprint density at radius 3 is 2.63 bits per heavy atom. The highest BCUT2D eigenvalue weighted by Crippen LogP contribution is 2.34. The smallest absolute Gasteiger partial charge is 0.259 e. The van der Waals surface area contributed by atoms with Crippen molar-refractivity contribution in [2.45, 2.75) is 33.4 Å². The van der Waals surface area contributed by atoms with Gasteiger partial charge in [-0.1, -0.05) is 20.3 Å². The topological polar surface area (TPSA) is 88.8 Å². The first-order chi connectivity index (χ1) is 17.0. The summed E-state index contributed by atoms with van der Waals surface area (Å²) in [4.78, 5) is 20.8. The Bertz CT molecular complexity index is 1160. The fraction of sp³-hybridized carbons (Fsp3) is 0.462. The number of terminal acetylenes is 1. The van der Waals surface area contributed by atoms with Crippen LogP contribution in [0.25, 0.3) is 21.2 Å². The fourth-order valence-electron chi connectivity index (χ4n) is 3.81. The number of rotatable bonds is 7. The van der Waals surface area contributed by atoms with Crippen molar-refractivity contribution in [3.05, 3.63) is 46.0 Å². The first-order valence-corrected chi connectivity index (χ1v) is 12.5. The van der Waals surface area contributed by atoms with E-state index in [4.69, 9.17) is 14.6 Å². The molecule has 35 heavy (non-hydrogen) atoms. The number of hydrogen-bond donors (Lipinski definition) is 2. The van der Waals surface area contributed by atoms with Gasteiger partial charge in [-0.25, -0.2) is 0 Å². The van der Waals surface area contributed by atoms with E-state index in [1.54, 1.807) is 36.3 Å². The van der Waals surface area contributed by atoms with Gasteiger partial charge in [0.1, 0.15) is 18.0 Å². The Balaban J connectivity index is 0.000000803. The number of thiophene rings is 1. The molecule has 9 heteroatoms. The number of pyridine rings is 2. The molecular weight excluding hydrogens is 464 g/mol. The number of aliphatic hydroxyl groups is 1. The molecule has 1 fully saturated rings. The second-order valence-corrected chi connectivity index (χ2v) is 9.00. The summed E-state index contributed by atoms with van der Waals surface area (Å²) in [5.74, 6) is 0.691.